The van der Waals surface area contributed by atoms with Crippen molar-refractivity contribution in [2.45, 2.75) is 27.2 Å². The number of aromatic nitrogens is 4. The fourth-order valence-corrected chi connectivity index (χ4v) is 2.72. The standard InChI is InChI=1S/C15H16N4O2/c1-4-11-9(2)17-19(10(11)3)14-13(15(20)21)18-8-6-5-7-12(18)16-14/h5-8H,4H2,1-3H3,(H,20,21). The minimum Gasteiger partial charge on any atom is -0.476 e. The summed E-state index contributed by atoms with van der Waals surface area (Å²) in [5, 5.41) is 14.0. The van der Waals surface area contributed by atoms with E-state index < -0.39 is 5.97 Å². The second-order valence-corrected chi connectivity index (χ2v) is 4.93. The van der Waals surface area contributed by atoms with Crippen molar-refractivity contribution < 1.29 is 9.90 Å². The van der Waals surface area contributed by atoms with E-state index in [4.69, 9.17) is 0 Å². The van der Waals surface area contributed by atoms with Crippen molar-refractivity contribution in [3.8, 4) is 5.82 Å². The molecule has 3 aromatic heterocycles. The Kier molecular flexibility index (Phi) is 3.01. The van der Waals surface area contributed by atoms with Crippen LogP contribution in [-0.4, -0.2) is 30.2 Å². The topological polar surface area (TPSA) is 72.4 Å². The van der Waals surface area contributed by atoms with Crippen LogP contribution in [0, 0.1) is 13.8 Å². The molecule has 0 aromatic carbocycles. The van der Waals surface area contributed by atoms with Gasteiger partial charge in [0, 0.05) is 11.9 Å². The lowest BCUT2D eigenvalue weighted by molar-refractivity contribution is 0.0689. The van der Waals surface area contributed by atoms with E-state index in [1.165, 1.54) is 0 Å². The summed E-state index contributed by atoms with van der Waals surface area (Å²) in [5.41, 5.74) is 3.68. The van der Waals surface area contributed by atoms with Gasteiger partial charge in [-0.3, -0.25) is 4.40 Å². The molecule has 3 rings (SSSR count). The Balaban J connectivity index is 2.35. The van der Waals surface area contributed by atoms with Gasteiger partial charge in [-0.2, -0.15) is 5.10 Å². The first kappa shape index (κ1) is 13.4. The van der Waals surface area contributed by atoms with Gasteiger partial charge in [0.25, 0.3) is 0 Å². The van der Waals surface area contributed by atoms with Crippen molar-refractivity contribution in [3.63, 3.8) is 0 Å². The number of aromatic carboxylic acids is 1. The number of rotatable bonds is 3. The van der Waals surface area contributed by atoms with Crippen LogP contribution in [0.15, 0.2) is 24.4 Å². The largest absolute Gasteiger partial charge is 0.476 e. The maximum absolute atomic E-state index is 11.6. The SMILES string of the molecule is CCc1c(C)nn(-c2nc3ccccn3c2C(=O)O)c1C. The number of carboxylic acids is 1. The fourth-order valence-electron chi connectivity index (χ4n) is 2.72. The summed E-state index contributed by atoms with van der Waals surface area (Å²) in [6.07, 6.45) is 2.55. The van der Waals surface area contributed by atoms with Crippen molar-refractivity contribution in [3.05, 3.63) is 47.0 Å². The number of aryl methyl sites for hydroxylation is 1. The zero-order chi connectivity index (χ0) is 15.1. The smallest absolute Gasteiger partial charge is 0.356 e. The molecule has 0 amide bonds. The summed E-state index contributed by atoms with van der Waals surface area (Å²) in [7, 11) is 0. The molecule has 0 saturated heterocycles. The molecule has 0 atom stereocenters. The molecule has 3 aromatic rings. The maximum atomic E-state index is 11.6. The van der Waals surface area contributed by atoms with Gasteiger partial charge in [-0.05, 0) is 38.0 Å². The highest BCUT2D eigenvalue weighted by Crippen LogP contribution is 2.22. The van der Waals surface area contributed by atoms with Crippen LogP contribution in [-0.2, 0) is 6.42 Å². The number of nitrogens with zero attached hydrogens (tertiary/aromatic N) is 4. The van der Waals surface area contributed by atoms with Gasteiger partial charge in [0.2, 0.25) is 0 Å². The molecule has 0 bridgehead atoms. The third-order valence-electron chi connectivity index (χ3n) is 3.71. The second-order valence-electron chi connectivity index (χ2n) is 4.93. The predicted molar refractivity (Wildman–Crippen MR) is 78.1 cm³/mol. The van der Waals surface area contributed by atoms with Crippen LogP contribution in [0.5, 0.6) is 0 Å². The normalized spacial score (nSPS) is 11.2. The first-order valence-corrected chi connectivity index (χ1v) is 6.80. The molecule has 0 aliphatic rings. The summed E-state index contributed by atoms with van der Waals surface area (Å²) in [5.74, 6) is -0.664. The van der Waals surface area contributed by atoms with Crippen LogP contribution in [0.4, 0.5) is 0 Å². The number of hydrogen-bond acceptors (Lipinski definition) is 3. The highest BCUT2D eigenvalue weighted by molar-refractivity contribution is 5.90. The van der Waals surface area contributed by atoms with Gasteiger partial charge < -0.3 is 5.11 Å². The summed E-state index contributed by atoms with van der Waals surface area (Å²) in [6.45, 7) is 5.93. The van der Waals surface area contributed by atoms with E-state index in [0.29, 0.717) is 11.5 Å². The molecule has 0 spiro atoms. The van der Waals surface area contributed by atoms with Crippen LogP contribution >= 0.6 is 0 Å². The van der Waals surface area contributed by atoms with Crippen LogP contribution in [0.2, 0.25) is 0 Å². The summed E-state index contributed by atoms with van der Waals surface area (Å²) < 4.78 is 3.20. The minimum absolute atomic E-state index is 0.124. The number of hydrogen-bond donors (Lipinski definition) is 1. The third-order valence-corrected chi connectivity index (χ3v) is 3.71. The van der Waals surface area contributed by atoms with E-state index in [-0.39, 0.29) is 5.69 Å². The molecule has 6 heteroatoms. The molecule has 108 valence electrons. The Morgan fingerprint density at radius 3 is 2.71 bits per heavy atom. The molecule has 6 nitrogen and oxygen atoms in total. The van der Waals surface area contributed by atoms with Gasteiger partial charge >= 0.3 is 5.97 Å². The quantitative estimate of drug-likeness (QED) is 0.801. The molecule has 0 radical (unpaired) electrons. The van der Waals surface area contributed by atoms with Crippen LogP contribution in [0.1, 0.15) is 34.4 Å². The molecular weight excluding hydrogens is 268 g/mol. The monoisotopic (exact) mass is 284 g/mol. The van der Waals surface area contributed by atoms with Crippen molar-refractivity contribution in [1.82, 2.24) is 19.2 Å². The summed E-state index contributed by atoms with van der Waals surface area (Å²) in [4.78, 5) is 16.1. The number of carbonyl (C=O) groups is 1. The van der Waals surface area contributed by atoms with Gasteiger partial charge in [0.15, 0.2) is 11.5 Å². The van der Waals surface area contributed by atoms with Crippen LogP contribution < -0.4 is 0 Å². The van der Waals surface area contributed by atoms with Crippen LogP contribution in [0.25, 0.3) is 11.5 Å². The van der Waals surface area contributed by atoms with Gasteiger partial charge in [0.1, 0.15) is 5.65 Å². The fraction of sp³-hybridized carbons (Fsp3) is 0.267. The first-order chi connectivity index (χ1) is 10.0. The molecule has 0 fully saturated rings. The van der Waals surface area contributed by atoms with E-state index in [0.717, 1.165) is 23.4 Å². The Morgan fingerprint density at radius 1 is 1.33 bits per heavy atom. The zero-order valence-electron chi connectivity index (χ0n) is 12.2. The number of fused-ring (bicyclic) bond motifs is 1. The second kappa shape index (κ2) is 4.73. The average Bonchev–Trinajstić information content (AvgIpc) is 2.96. The molecule has 0 unspecified atom stereocenters. The number of imidazole rings is 1. The molecular formula is C15H16N4O2. The summed E-state index contributed by atoms with van der Waals surface area (Å²) >= 11 is 0. The zero-order valence-corrected chi connectivity index (χ0v) is 12.2. The van der Waals surface area contributed by atoms with E-state index in [1.54, 1.807) is 27.4 Å². The van der Waals surface area contributed by atoms with Crippen molar-refractivity contribution in [2.24, 2.45) is 0 Å². The van der Waals surface area contributed by atoms with E-state index in [2.05, 4.69) is 17.0 Å². The molecule has 0 aliphatic heterocycles. The Hall–Kier alpha value is -2.63. The highest BCUT2D eigenvalue weighted by atomic mass is 16.4. The van der Waals surface area contributed by atoms with Crippen molar-refractivity contribution >= 4 is 11.6 Å². The average molecular weight is 284 g/mol. The maximum Gasteiger partial charge on any atom is 0.356 e. The first-order valence-electron chi connectivity index (χ1n) is 6.80. The van der Waals surface area contributed by atoms with Gasteiger partial charge in [0.05, 0.1) is 5.69 Å². The molecule has 0 saturated carbocycles. The summed E-state index contributed by atoms with van der Waals surface area (Å²) in [6, 6.07) is 5.39. The minimum atomic E-state index is -1.02. The molecule has 3 heterocycles. The Bertz CT molecular complexity index is 845. The van der Waals surface area contributed by atoms with Crippen molar-refractivity contribution in [2.75, 3.05) is 0 Å². The number of carboxylic acid groups (broad SMARTS) is 1. The Morgan fingerprint density at radius 2 is 2.10 bits per heavy atom. The van der Waals surface area contributed by atoms with Gasteiger partial charge in [-0.1, -0.05) is 13.0 Å². The lowest BCUT2D eigenvalue weighted by atomic mass is 10.1. The Labute approximate surface area is 121 Å². The lowest BCUT2D eigenvalue weighted by Gasteiger charge is -2.03. The predicted octanol–water partition coefficient (Wildman–Crippen LogP) is 2.40. The van der Waals surface area contributed by atoms with E-state index in [1.807, 2.05) is 19.9 Å². The lowest BCUT2D eigenvalue weighted by Crippen LogP contribution is -2.09. The highest BCUT2D eigenvalue weighted by Gasteiger charge is 2.23. The molecule has 1 N–H and O–H groups in total. The molecule has 21 heavy (non-hydrogen) atoms. The van der Waals surface area contributed by atoms with Gasteiger partial charge in [-0.15, -0.1) is 0 Å². The van der Waals surface area contributed by atoms with Crippen molar-refractivity contribution in [1.29, 1.82) is 0 Å². The van der Waals surface area contributed by atoms with E-state index >= 15 is 0 Å². The van der Waals surface area contributed by atoms with Gasteiger partial charge in [-0.25, -0.2) is 14.5 Å². The van der Waals surface area contributed by atoms with Crippen LogP contribution in [0.3, 0.4) is 0 Å². The van der Waals surface area contributed by atoms with E-state index in [9.17, 15) is 9.90 Å². The third kappa shape index (κ3) is 1.91. The molecule has 0 aliphatic carbocycles. The number of pyridine rings is 1.